The SMILES string of the molecule is COC(=O)[C@@H](c1cc(F)ccc1F)N(C)C(=O)c1csnn1. The first-order valence-electron chi connectivity index (χ1n) is 6.02. The van der Waals surface area contributed by atoms with E-state index < -0.39 is 29.6 Å². The van der Waals surface area contributed by atoms with Gasteiger partial charge in [-0.3, -0.25) is 4.79 Å². The van der Waals surface area contributed by atoms with Gasteiger partial charge in [-0.1, -0.05) is 4.49 Å². The molecule has 0 radical (unpaired) electrons. The van der Waals surface area contributed by atoms with Crippen LogP contribution in [0, 0.1) is 11.6 Å². The van der Waals surface area contributed by atoms with Gasteiger partial charge in [0.05, 0.1) is 7.11 Å². The van der Waals surface area contributed by atoms with Gasteiger partial charge in [0, 0.05) is 18.0 Å². The monoisotopic (exact) mass is 327 g/mol. The molecule has 6 nitrogen and oxygen atoms in total. The summed E-state index contributed by atoms with van der Waals surface area (Å²) in [4.78, 5) is 25.1. The van der Waals surface area contributed by atoms with E-state index in [-0.39, 0.29) is 11.3 Å². The zero-order valence-corrected chi connectivity index (χ0v) is 12.4. The van der Waals surface area contributed by atoms with Crippen molar-refractivity contribution in [2.75, 3.05) is 14.2 Å². The number of nitrogens with zero attached hydrogens (tertiary/aromatic N) is 3. The average molecular weight is 327 g/mol. The van der Waals surface area contributed by atoms with Crippen molar-refractivity contribution in [3.63, 3.8) is 0 Å². The Morgan fingerprint density at radius 3 is 2.68 bits per heavy atom. The normalized spacial score (nSPS) is 11.8. The third-order valence-corrected chi connectivity index (χ3v) is 3.47. The molecule has 0 N–H and O–H groups in total. The number of esters is 1. The van der Waals surface area contributed by atoms with Gasteiger partial charge in [-0.15, -0.1) is 5.10 Å². The van der Waals surface area contributed by atoms with Crippen LogP contribution in [-0.2, 0) is 9.53 Å². The number of hydrogen-bond acceptors (Lipinski definition) is 6. The van der Waals surface area contributed by atoms with Crippen LogP contribution in [0.25, 0.3) is 0 Å². The van der Waals surface area contributed by atoms with Gasteiger partial charge in [0.15, 0.2) is 11.7 Å². The lowest BCUT2D eigenvalue weighted by molar-refractivity contribution is -0.146. The predicted molar refractivity (Wildman–Crippen MR) is 73.1 cm³/mol. The minimum absolute atomic E-state index is 0.00165. The summed E-state index contributed by atoms with van der Waals surface area (Å²) in [6, 6.07) is 1.21. The van der Waals surface area contributed by atoms with Crippen LogP contribution in [0.3, 0.4) is 0 Å². The maximum atomic E-state index is 13.9. The lowest BCUT2D eigenvalue weighted by Gasteiger charge is -2.26. The fourth-order valence-electron chi connectivity index (χ4n) is 1.89. The molecule has 0 spiro atoms. The van der Waals surface area contributed by atoms with Crippen molar-refractivity contribution < 1.29 is 23.1 Å². The highest BCUT2D eigenvalue weighted by Crippen LogP contribution is 2.26. The highest BCUT2D eigenvalue weighted by Gasteiger charge is 2.33. The van der Waals surface area contributed by atoms with Crippen LogP contribution in [0.4, 0.5) is 8.78 Å². The molecule has 0 bridgehead atoms. The van der Waals surface area contributed by atoms with Gasteiger partial charge in [0.25, 0.3) is 5.91 Å². The van der Waals surface area contributed by atoms with Gasteiger partial charge in [0.1, 0.15) is 11.6 Å². The number of aromatic nitrogens is 2. The van der Waals surface area contributed by atoms with Crippen LogP contribution in [0.5, 0.6) is 0 Å². The molecule has 0 saturated carbocycles. The van der Waals surface area contributed by atoms with Crippen LogP contribution in [-0.4, -0.2) is 40.5 Å². The van der Waals surface area contributed by atoms with E-state index in [0.717, 1.165) is 41.7 Å². The summed E-state index contributed by atoms with van der Waals surface area (Å²) >= 11 is 0.954. The molecule has 1 amide bonds. The number of carbonyl (C=O) groups excluding carboxylic acids is 2. The largest absolute Gasteiger partial charge is 0.467 e. The number of benzene rings is 1. The number of methoxy groups -OCH3 is 1. The van der Waals surface area contributed by atoms with Crippen molar-refractivity contribution in [3.8, 4) is 0 Å². The minimum Gasteiger partial charge on any atom is -0.467 e. The van der Waals surface area contributed by atoms with Gasteiger partial charge in [-0.05, 0) is 29.7 Å². The molecule has 1 aromatic carbocycles. The lowest BCUT2D eigenvalue weighted by atomic mass is 10.0. The van der Waals surface area contributed by atoms with Gasteiger partial charge >= 0.3 is 5.97 Å². The van der Waals surface area contributed by atoms with E-state index in [2.05, 4.69) is 14.3 Å². The molecule has 9 heteroatoms. The van der Waals surface area contributed by atoms with Crippen LogP contribution >= 0.6 is 11.5 Å². The third-order valence-electron chi connectivity index (χ3n) is 2.96. The Hall–Kier alpha value is -2.42. The summed E-state index contributed by atoms with van der Waals surface area (Å²) in [7, 11) is 2.36. The summed E-state index contributed by atoms with van der Waals surface area (Å²) in [5.74, 6) is -3.12. The first kappa shape index (κ1) is 16.0. The van der Waals surface area contributed by atoms with Crippen molar-refractivity contribution in [1.29, 1.82) is 0 Å². The molecule has 2 rings (SSSR count). The molecule has 0 aliphatic carbocycles. The first-order valence-corrected chi connectivity index (χ1v) is 6.86. The Balaban J connectivity index is 2.44. The van der Waals surface area contributed by atoms with E-state index in [9.17, 15) is 18.4 Å². The highest BCUT2D eigenvalue weighted by molar-refractivity contribution is 7.03. The Kier molecular flexibility index (Phi) is 4.76. The minimum atomic E-state index is -1.44. The van der Waals surface area contributed by atoms with Gasteiger partial charge < -0.3 is 9.64 Å². The van der Waals surface area contributed by atoms with Crippen LogP contribution < -0.4 is 0 Å². The molecule has 0 aliphatic rings. The number of amides is 1. The number of halogens is 2. The van der Waals surface area contributed by atoms with Crippen molar-refractivity contribution >= 4 is 23.4 Å². The van der Waals surface area contributed by atoms with Gasteiger partial charge in [-0.2, -0.15) is 0 Å². The molecular weight excluding hydrogens is 316 g/mol. The lowest BCUT2D eigenvalue weighted by Crippen LogP contribution is -2.37. The third kappa shape index (κ3) is 3.08. The Morgan fingerprint density at radius 2 is 2.09 bits per heavy atom. The highest BCUT2D eigenvalue weighted by atomic mass is 32.1. The van der Waals surface area contributed by atoms with Gasteiger partial charge in [-0.25, -0.2) is 13.6 Å². The summed E-state index contributed by atoms with van der Waals surface area (Å²) < 4.78 is 35.5. The van der Waals surface area contributed by atoms with Crippen molar-refractivity contribution in [3.05, 3.63) is 46.5 Å². The molecule has 22 heavy (non-hydrogen) atoms. The molecule has 0 aliphatic heterocycles. The fraction of sp³-hybridized carbons (Fsp3) is 0.231. The summed E-state index contributed by atoms with van der Waals surface area (Å²) in [6.07, 6.45) is 0. The molecule has 1 aromatic heterocycles. The summed E-state index contributed by atoms with van der Waals surface area (Å²) in [5, 5.41) is 4.98. The summed E-state index contributed by atoms with van der Waals surface area (Å²) in [5.41, 5.74) is -0.302. The zero-order chi connectivity index (χ0) is 16.3. The first-order chi connectivity index (χ1) is 10.5. The van der Waals surface area contributed by atoms with Gasteiger partial charge in [0.2, 0.25) is 0 Å². The predicted octanol–water partition coefficient (Wildman–Crippen LogP) is 1.80. The van der Waals surface area contributed by atoms with E-state index in [4.69, 9.17) is 0 Å². The van der Waals surface area contributed by atoms with Crippen LogP contribution in [0.2, 0.25) is 0 Å². The second-order valence-electron chi connectivity index (χ2n) is 4.30. The fourth-order valence-corrected chi connectivity index (χ4v) is 2.32. The topological polar surface area (TPSA) is 72.4 Å². The smallest absolute Gasteiger partial charge is 0.333 e. The maximum Gasteiger partial charge on any atom is 0.333 e. The number of hydrogen-bond donors (Lipinski definition) is 0. The molecular formula is C13H11F2N3O3S. The molecule has 116 valence electrons. The average Bonchev–Trinajstić information content (AvgIpc) is 3.04. The van der Waals surface area contributed by atoms with E-state index in [1.54, 1.807) is 0 Å². The number of rotatable bonds is 4. The number of ether oxygens (including phenoxy) is 1. The second-order valence-corrected chi connectivity index (χ2v) is 4.91. The van der Waals surface area contributed by atoms with E-state index in [1.165, 1.54) is 12.4 Å². The van der Waals surface area contributed by atoms with Crippen molar-refractivity contribution in [2.24, 2.45) is 0 Å². The molecule has 0 fully saturated rings. The molecule has 2 aromatic rings. The molecule has 1 heterocycles. The number of likely N-dealkylation sites (N-methyl/N-ethyl adjacent to an activating group) is 1. The van der Waals surface area contributed by atoms with E-state index >= 15 is 0 Å². The number of carbonyl (C=O) groups is 2. The van der Waals surface area contributed by atoms with Crippen LogP contribution in [0.1, 0.15) is 22.1 Å². The Labute approximate surface area is 128 Å². The van der Waals surface area contributed by atoms with Crippen molar-refractivity contribution in [1.82, 2.24) is 14.5 Å². The van der Waals surface area contributed by atoms with Crippen molar-refractivity contribution in [2.45, 2.75) is 6.04 Å². The van der Waals surface area contributed by atoms with Crippen LogP contribution in [0.15, 0.2) is 23.6 Å². The Morgan fingerprint density at radius 1 is 1.36 bits per heavy atom. The zero-order valence-electron chi connectivity index (χ0n) is 11.6. The summed E-state index contributed by atoms with van der Waals surface area (Å²) in [6.45, 7) is 0. The second kappa shape index (κ2) is 6.56. The molecule has 0 saturated heterocycles. The van der Waals surface area contributed by atoms with E-state index in [0.29, 0.717) is 0 Å². The Bertz CT molecular complexity index is 694. The molecule has 0 unspecified atom stereocenters. The molecule has 1 atom stereocenters. The van der Waals surface area contributed by atoms with E-state index in [1.807, 2.05) is 0 Å². The quantitative estimate of drug-likeness (QED) is 0.801. The standard InChI is InChI=1S/C13H11F2N3O3S/c1-18(12(19)10-6-22-17-16-10)11(13(20)21-2)8-5-7(14)3-4-9(8)15/h3-6,11H,1-2H3/t11-/m1/s1. The maximum absolute atomic E-state index is 13.9.